The van der Waals surface area contributed by atoms with Crippen LogP contribution in [0.1, 0.15) is 28.7 Å². The molecule has 80 valence electrons. The van der Waals surface area contributed by atoms with Gasteiger partial charge in [0.2, 0.25) is 0 Å². The molecule has 0 fully saturated rings. The van der Waals surface area contributed by atoms with Crippen molar-refractivity contribution in [1.82, 2.24) is 0 Å². The summed E-state index contributed by atoms with van der Waals surface area (Å²) in [6.07, 6.45) is 4.83. The summed E-state index contributed by atoms with van der Waals surface area (Å²) in [4.78, 5) is 0. The van der Waals surface area contributed by atoms with Gasteiger partial charge in [0, 0.05) is 0 Å². The molecule has 0 saturated heterocycles. The van der Waals surface area contributed by atoms with Gasteiger partial charge in [-0.25, -0.2) is 0 Å². The van der Waals surface area contributed by atoms with Gasteiger partial charge in [0.05, 0.1) is 0 Å². The molecule has 0 heterocycles. The first kappa shape index (κ1) is 9.65. The van der Waals surface area contributed by atoms with Crippen molar-refractivity contribution in [2.45, 2.75) is 25.7 Å². The molecular weight excluding hydrogens is 192 g/mol. The number of aryl methyl sites for hydroxylation is 2. The van der Waals surface area contributed by atoms with Gasteiger partial charge in [0.25, 0.3) is 0 Å². The summed E-state index contributed by atoms with van der Waals surface area (Å²) < 4.78 is 0. The molecule has 2 aromatic rings. The van der Waals surface area contributed by atoms with Gasteiger partial charge in [-0.15, -0.1) is 0 Å². The lowest BCUT2D eigenvalue weighted by Crippen LogP contribution is -2.04. The summed E-state index contributed by atoms with van der Waals surface area (Å²) in [6, 6.07) is 17.7. The Bertz CT molecular complexity index is 451. The predicted octanol–water partition coefficient (Wildman–Crippen LogP) is 3.77. The predicted molar refractivity (Wildman–Crippen MR) is 67.7 cm³/mol. The van der Waals surface area contributed by atoms with E-state index in [1.807, 2.05) is 0 Å². The zero-order valence-electron chi connectivity index (χ0n) is 9.45. The van der Waals surface area contributed by atoms with Crippen LogP contribution in [0.2, 0.25) is 0 Å². The van der Waals surface area contributed by atoms with Crippen molar-refractivity contribution in [2.75, 3.05) is 0 Å². The third-order valence-corrected chi connectivity index (χ3v) is 3.51. The number of fused-ring (bicyclic) bond motifs is 2. The van der Waals surface area contributed by atoms with Gasteiger partial charge in [0.15, 0.2) is 0 Å². The maximum atomic E-state index is 2.28. The molecule has 1 aliphatic rings. The van der Waals surface area contributed by atoms with Crippen LogP contribution >= 0.6 is 0 Å². The van der Waals surface area contributed by atoms with Crippen molar-refractivity contribution < 1.29 is 0 Å². The van der Waals surface area contributed by atoms with Crippen molar-refractivity contribution in [3.05, 3.63) is 70.8 Å². The highest BCUT2D eigenvalue weighted by molar-refractivity contribution is 5.38. The van der Waals surface area contributed by atoms with Crippen LogP contribution in [0.3, 0.4) is 0 Å². The lowest BCUT2D eigenvalue weighted by Gasteiger charge is -2.16. The molecule has 0 N–H and O–H groups in total. The minimum absolute atomic E-state index is 1.10. The third-order valence-electron chi connectivity index (χ3n) is 3.51. The van der Waals surface area contributed by atoms with E-state index in [0.717, 1.165) is 6.42 Å². The standard InChI is InChI=1S/C16H16/c1-3-8-15-12-16-9-4-2-7-14(16)11-5-10-13(15)6-1/h1-4,6-9H,5,10-12H2. The first-order valence-corrected chi connectivity index (χ1v) is 6.07. The fraction of sp³-hybridized carbons (Fsp3) is 0.250. The minimum Gasteiger partial charge on any atom is -0.0620 e. The second kappa shape index (κ2) is 4.13. The highest BCUT2D eigenvalue weighted by atomic mass is 14.1. The van der Waals surface area contributed by atoms with Crippen molar-refractivity contribution in [3.63, 3.8) is 0 Å². The van der Waals surface area contributed by atoms with Crippen LogP contribution in [0.25, 0.3) is 0 Å². The summed E-state index contributed by atoms with van der Waals surface area (Å²) in [5.41, 5.74) is 6.10. The van der Waals surface area contributed by atoms with Gasteiger partial charge < -0.3 is 0 Å². The Hall–Kier alpha value is -1.56. The van der Waals surface area contributed by atoms with Crippen molar-refractivity contribution in [3.8, 4) is 0 Å². The molecule has 0 unspecified atom stereocenters. The van der Waals surface area contributed by atoms with Gasteiger partial charge in [0.1, 0.15) is 0 Å². The molecule has 0 aliphatic heterocycles. The van der Waals surface area contributed by atoms with E-state index >= 15 is 0 Å². The maximum absolute atomic E-state index is 2.28. The monoisotopic (exact) mass is 208 g/mol. The highest BCUT2D eigenvalue weighted by Gasteiger charge is 2.10. The average molecular weight is 208 g/mol. The molecule has 0 heteroatoms. The molecule has 0 nitrogen and oxygen atoms in total. The Morgan fingerprint density at radius 2 is 1.00 bits per heavy atom. The highest BCUT2D eigenvalue weighted by Crippen LogP contribution is 2.23. The zero-order valence-corrected chi connectivity index (χ0v) is 9.45. The number of rotatable bonds is 0. The van der Waals surface area contributed by atoms with Crippen molar-refractivity contribution >= 4 is 0 Å². The van der Waals surface area contributed by atoms with E-state index in [1.54, 1.807) is 0 Å². The van der Waals surface area contributed by atoms with E-state index in [0.29, 0.717) is 0 Å². The van der Waals surface area contributed by atoms with Crippen LogP contribution in [0.15, 0.2) is 48.5 Å². The van der Waals surface area contributed by atoms with E-state index in [9.17, 15) is 0 Å². The SMILES string of the molecule is c1ccc2c(c1)CCCc1ccccc1C2. The first-order chi connectivity index (χ1) is 7.93. The second-order valence-electron chi connectivity index (χ2n) is 4.57. The fourth-order valence-corrected chi connectivity index (χ4v) is 2.62. The van der Waals surface area contributed by atoms with Gasteiger partial charge in [-0.05, 0) is 47.9 Å². The summed E-state index contributed by atoms with van der Waals surface area (Å²) in [7, 11) is 0. The quantitative estimate of drug-likeness (QED) is 0.618. The fourth-order valence-electron chi connectivity index (χ4n) is 2.62. The largest absolute Gasteiger partial charge is 0.0620 e. The Morgan fingerprint density at radius 1 is 0.562 bits per heavy atom. The molecule has 1 aliphatic carbocycles. The van der Waals surface area contributed by atoms with Gasteiger partial charge in [-0.3, -0.25) is 0 Å². The van der Waals surface area contributed by atoms with Crippen molar-refractivity contribution in [2.24, 2.45) is 0 Å². The number of hydrogen-bond acceptors (Lipinski definition) is 0. The van der Waals surface area contributed by atoms with Gasteiger partial charge >= 0.3 is 0 Å². The van der Waals surface area contributed by atoms with Crippen LogP contribution in [0.5, 0.6) is 0 Å². The smallest absolute Gasteiger partial charge is 0.00203 e. The molecule has 0 atom stereocenters. The van der Waals surface area contributed by atoms with Gasteiger partial charge in [-0.1, -0.05) is 48.5 Å². The average Bonchev–Trinajstić information content (AvgIpc) is 2.29. The molecule has 0 radical (unpaired) electrons. The summed E-state index contributed by atoms with van der Waals surface area (Å²) in [6.45, 7) is 0. The van der Waals surface area contributed by atoms with E-state index in [4.69, 9.17) is 0 Å². The van der Waals surface area contributed by atoms with E-state index in [-0.39, 0.29) is 0 Å². The van der Waals surface area contributed by atoms with Crippen LogP contribution in [0, 0.1) is 0 Å². The van der Waals surface area contributed by atoms with Crippen LogP contribution in [-0.2, 0) is 19.3 Å². The molecule has 0 amide bonds. The van der Waals surface area contributed by atoms with Crippen LogP contribution < -0.4 is 0 Å². The summed E-state index contributed by atoms with van der Waals surface area (Å²) >= 11 is 0. The Morgan fingerprint density at radius 3 is 1.50 bits per heavy atom. The zero-order chi connectivity index (χ0) is 10.8. The van der Waals surface area contributed by atoms with Crippen LogP contribution in [0.4, 0.5) is 0 Å². The molecule has 0 bridgehead atoms. The second-order valence-corrected chi connectivity index (χ2v) is 4.57. The summed E-state index contributed by atoms with van der Waals surface area (Å²) in [5, 5.41) is 0. The molecule has 16 heavy (non-hydrogen) atoms. The number of benzene rings is 2. The number of hydrogen-bond donors (Lipinski definition) is 0. The lowest BCUT2D eigenvalue weighted by molar-refractivity contribution is 0.790. The molecule has 2 aromatic carbocycles. The first-order valence-electron chi connectivity index (χ1n) is 6.07. The summed E-state index contributed by atoms with van der Waals surface area (Å²) in [5.74, 6) is 0. The molecule has 0 spiro atoms. The molecular formula is C16H16. The Kier molecular flexibility index (Phi) is 2.49. The van der Waals surface area contributed by atoms with E-state index in [2.05, 4.69) is 48.5 Å². The van der Waals surface area contributed by atoms with Gasteiger partial charge in [-0.2, -0.15) is 0 Å². The van der Waals surface area contributed by atoms with Crippen molar-refractivity contribution in [1.29, 1.82) is 0 Å². The molecule has 0 saturated carbocycles. The van der Waals surface area contributed by atoms with E-state index in [1.165, 1.54) is 41.5 Å². The minimum atomic E-state index is 1.10. The third kappa shape index (κ3) is 1.76. The maximum Gasteiger partial charge on any atom is -0.00203 e. The molecule has 3 rings (SSSR count). The van der Waals surface area contributed by atoms with E-state index < -0.39 is 0 Å². The van der Waals surface area contributed by atoms with Crippen LogP contribution in [-0.4, -0.2) is 0 Å². The topological polar surface area (TPSA) is 0 Å². The normalized spacial score (nSPS) is 14.5. The lowest BCUT2D eigenvalue weighted by atomic mass is 9.89. The molecule has 0 aromatic heterocycles. The Labute approximate surface area is 96.9 Å². The Balaban J connectivity index is 2.06.